The third-order valence-electron chi connectivity index (χ3n) is 5.46. The molecule has 6 nitrogen and oxygen atoms in total. The highest BCUT2D eigenvalue weighted by atomic mass is 32.1. The Bertz CT molecular complexity index is 1480. The number of rotatable bonds is 5. The molecular formula is C24H20N4O2S. The SMILES string of the molecule is CCc1c(C)sc2c1c1nc(-c3ccccc3)nn1c(=O)n2CC(=O)c1ccccc1. The number of aromatic nitrogens is 4. The van der Waals surface area contributed by atoms with Crippen LogP contribution in [0.5, 0.6) is 0 Å². The van der Waals surface area contributed by atoms with Gasteiger partial charge in [-0.15, -0.1) is 16.4 Å². The van der Waals surface area contributed by atoms with Crippen molar-refractivity contribution in [3.63, 3.8) is 0 Å². The number of aryl methyl sites for hydroxylation is 2. The van der Waals surface area contributed by atoms with Gasteiger partial charge in [-0.2, -0.15) is 4.52 Å². The molecule has 0 aliphatic rings. The predicted molar refractivity (Wildman–Crippen MR) is 123 cm³/mol. The van der Waals surface area contributed by atoms with Crippen molar-refractivity contribution in [1.82, 2.24) is 19.2 Å². The summed E-state index contributed by atoms with van der Waals surface area (Å²) in [6.07, 6.45) is 0.805. The van der Waals surface area contributed by atoms with Crippen LogP contribution in [-0.4, -0.2) is 24.9 Å². The van der Waals surface area contributed by atoms with Gasteiger partial charge in [0.15, 0.2) is 17.3 Å². The van der Waals surface area contributed by atoms with Gasteiger partial charge in [0.2, 0.25) is 0 Å². The van der Waals surface area contributed by atoms with Crippen molar-refractivity contribution in [3.05, 3.63) is 87.2 Å². The Hall–Kier alpha value is -3.58. The molecule has 0 N–H and O–H groups in total. The monoisotopic (exact) mass is 428 g/mol. The molecule has 0 amide bonds. The first-order chi connectivity index (χ1) is 15.1. The fourth-order valence-corrected chi connectivity index (χ4v) is 5.15. The highest BCUT2D eigenvalue weighted by molar-refractivity contribution is 7.19. The van der Waals surface area contributed by atoms with E-state index in [9.17, 15) is 9.59 Å². The van der Waals surface area contributed by atoms with Crippen LogP contribution in [0, 0.1) is 6.92 Å². The van der Waals surface area contributed by atoms with Gasteiger partial charge in [-0.25, -0.2) is 9.78 Å². The Balaban J connectivity index is 1.78. The van der Waals surface area contributed by atoms with Crippen molar-refractivity contribution >= 4 is 33.0 Å². The fourth-order valence-electron chi connectivity index (χ4n) is 3.93. The summed E-state index contributed by atoms with van der Waals surface area (Å²) in [5.74, 6) is 0.382. The lowest BCUT2D eigenvalue weighted by molar-refractivity contribution is 0.0972. The molecule has 5 rings (SSSR count). The first-order valence-corrected chi connectivity index (χ1v) is 11.0. The lowest BCUT2D eigenvalue weighted by Gasteiger charge is -2.08. The summed E-state index contributed by atoms with van der Waals surface area (Å²) in [6.45, 7) is 4.09. The second kappa shape index (κ2) is 7.59. The number of fused-ring (bicyclic) bond motifs is 3. The van der Waals surface area contributed by atoms with Crippen molar-refractivity contribution in [3.8, 4) is 11.4 Å². The van der Waals surface area contributed by atoms with Gasteiger partial charge in [0.05, 0.1) is 11.9 Å². The predicted octanol–water partition coefficient (Wildman–Crippen LogP) is 4.53. The van der Waals surface area contributed by atoms with Gasteiger partial charge in [0.25, 0.3) is 0 Å². The molecular weight excluding hydrogens is 408 g/mol. The number of carbonyl (C=O) groups excluding carboxylic acids is 1. The molecule has 0 fully saturated rings. The van der Waals surface area contributed by atoms with Gasteiger partial charge in [0.1, 0.15) is 4.83 Å². The molecule has 0 saturated carbocycles. The van der Waals surface area contributed by atoms with E-state index in [4.69, 9.17) is 4.98 Å². The maximum absolute atomic E-state index is 13.4. The molecule has 0 bridgehead atoms. The van der Waals surface area contributed by atoms with Crippen molar-refractivity contribution in [2.24, 2.45) is 0 Å². The molecule has 3 heterocycles. The lowest BCUT2D eigenvalue weighted by atomic mass is 10.1. The first kappa shape index (κ1) is 19.4. The Kier molecular flexibility index (Phi) is 4.75. The Morgan fingerprint density at radius 3 is 2.39 bits per heavy atom. The molecule has 0 aliphatic heterocycles. The zero-order chi connectivity index (χ0) is 21.5. The summed E-state index contributed by atoms with van der Waals surface area (Å²) in [4.78, 5) is 33.0. The van der Waals surface area contributed by atoms with Gasteiger partial charge >= 0.3 is 5.69 Å². The van der Waals surface area contributed by atoms with Crippen LogP contribution >= 0.6 is 11.3 Å². The lowest BCUT2D eigenvalue weighted by Crippen LogP contribution is -2.30. The summed E-state index contributed by atoms with van der Waals surface area (Å²) in [6, 6.07) is 18.6. The van der Waals surface area contributed by atoms with Crippen LogP contribution in [0.3, 0.4) is 0 Å². The Morgan fingerprint density at radius 1 is 1.03 bits per heavy atom. The van der Waals surface area contributed by atoms with Crippen LogP contribution in [0.15, 0.2) is 65.5 Å². The second-order valence-corrected chi connectivity index (χ2v) is 8.57. The molecule has 0 radical (unpaired) electrons. The van der Waals surface area contributed by atoms with E-state index >= 15 is 0 Å². The molecule has 0 saturated heterocycles. The van der Waals surface area contributed by atoms with Crippen LogP contribution in [-0.2, 0) is 13.0 Å². The maximum Gasteiger partial charge on any atom is 0.352 e. The number of nitrogens with zero attached hydrogens (tertiary/aromatic N) is 4. The summed E-state index contributed by atoms with van der Waals surface area (Å²) in [7, 11) is 0. The highest BCUT2D eigenvalue weighted by Crippen LogP contribution is 2.33. The largest absolute Gasteiger partial charge is 0.352 e. The van der Waals surface area contributed by atoms with E-state index in [1.165, 1.54) is 20.4 Å². The average Bonchev–Trinajstić information content (AvgIpc) is 3.39. The molecule has 0 spiro atoms. The third-order valence-corrected chi connectivity index (χ3v) is 6.63. The van der Waals surface area contributed by atoms with Crippen LogP contribution in [0.1, 0.15) is 27.7 Å². The van der Waals surface area contributed by atoms with Crippen LogP contribution in [0.25, 0.3) is 27.3 Å². The number of hydrogen-bond acceptors (Lipinski definition) is 5. The quantitative estimate of drug-likeness (QED) is 0.386. The van der Waals surface area contributed by atoms with E-state index in [2.05, 4.69) is 12.0 Å². The third kappa shape index (κ3) is 3.18. The minimum Gasteiger partial charge on any atom is -0.292 e. The molecule has 2 aromatic carbocycles. The van der Waals surface area contributed by atoms with E-state index in [0.717, 1.165) is 32.6 Å². The minimum atomic E-state index is -0.356. The number of carbonyl (C=O) groups is 1. The normalized spacial score (nSPS) is 11.4. The minimum absolute atomic E-state index is 0.0427. The summed E-state index contributed by atoms with van der Waals surface area (Å²) >= 11 is 1.53. The fraction of sp³-hybridized carbons (Fsp3) is 0.167. The Morgan fingerprint density at radius 2 is 1.71 bits per heavy atom. The van der Waals surface area contributed by atoms with E-state index in [-0.39, 0.29) is 18.0 Å². The van der Waals surface area contributed by atoms with E-state index in [1.54, 1.807) is 12.1 Å². The number of hydrogen-bond donors (Lipinski definition) is 0. The number of ketones is 1. The first-order valence-electron chi connectivity index (χ1n) is 10.1. The van der Waals surface area contributed by atoms with Crippen molar-refractivity contribution < 1.29 is 4.79 Å². The van der Waals surface area contributed by atoms with Gasteiger partial charge in [-0.3, -0.25) is 9.36 Å². The van der Waals surface area contributed by atoms with Gasteiger partial charge in [0, 0.05) is 16.0 Å². The van der Waals surface area contributed by atoms with Crippen LogP contribution in [0.4, 0.5) is 0 Å². The van der Waals surface area contributed by atoms with Gasteiger partial charge in [-0.1, -0.05) is 67.6 Å². The number of Topliss-reactive ketones (excluding diaryl/α,β-unsaturated/α-hetero) is 1. The smallest absolute Gasteiger partial charge is 0.292 e. The zero-order valence-corrected chi connectivity index (χ0v) is 18.0. The number of benzene rings is 2. The molecule has 31 heavy (non-hydrogen) atoms. The topological polar surface area (TPSA) is 69.3 Å². The molecule has 0 aliphatic carbocycles. The summed E-state index contributed by atoms with van der Waals surface area (Å²) < 4.78 is 2.88. The van der Waals surface area contributed by atoms with Gasteiger partial charge < -0.3 is 0 Å². The summed E-state index contributed by atoms with van der Waals surface area (Å²) in [5, 5.41) is 5.43. The van der Waals surface area contributed by atoms with Crippen molar-refractivity contribution in [1.29, 1.82) is 0 Å². The van der Waals surface area contributed by atoms with Crippen molar-refractivity contribution in [2.45, 2.75) is 26.8 Å². The van der Waals surface area contributed by atoms with Crippen LogP contribution in [0.2, 0.25) is 0 Å². The molecule has 0 atom stereocenters. The van der Waals surface area contributed by atoms with E-state index in [0.29, 0.717) is 17.0 Å². The molecule has 0 unspecified atom stereocenters. The summed E-state index contributed by atoms with van der Waals surface area (Å²) in [5.41, 5.74) is 2.75. The molecule has 3 aromatic heterocycles. The maximum atomic E-state index is 13.4. The zero-order valence-electron chi connectivity index (χ0n) is 17.2. The van der Waals surface area contributed by atoms with Gasteiger partial charge in [-0.05, 0) is 18.9 Å². The highest BCUT2D eigenvalue weighted by Gasteiger charge is 2.22. The van der Waals surface area contributed by atoms with E-state index in [1.807, 2.05) is 55.5 Å². The standard InChI is InChI=1S/C24H20N4O2S/c1-3-18-15(2)31-23-20(18)22-25-21(17-12-8-5-9-13-17)26-28(22)24(30)27(23)14-19(29)16-10-6-4-7-11-16/h4-13H,3,14H2,1-2H3. The molecule has 154 valence electrons. The number of thiophene rings is 1. The molecule has 5 aromatic rings. The Labute approximate surface area is 182 Å². The second-order valence-electron chi connectivity index (χ2n) is 7.37. The van der Waals surface area contributed by atoms with E-state index < -0.39 is 0 Å². The average molecular weight is 429 g/mol. The van der Waals surface area contributed by atoms with Crippen LogP contribution < -0.4 is 5.69 Å². The molecule has 7 heteroatoms. The van der Waals surface area contributed by atoms with Crippen molar-refractivity contribution in [2.75, 3.05) is 0 Å².